The summed E-state index contributed by atoms with van der Waals surface area (Å²) >= 11 is 0. The molecular weight excluding hydrogens is 581 g/mol. The zero-order valence-corrected chi connectivity index (χ0v) is 26.2. The third-order valence-electron chi connectivity index (χ3n) is 9.91. The van der Waals surface area contributed by atoms with Crippen molar-refractivity contribution in [2.24, 2.45) is 0 Å². The molecule has 0 aliphatic rings. The molecule has 0 atom stereocenters. The number of para-hydroxylation sites is 1. The van der Waals surface area contributed by atoms with Crippen LogP contribution in [0.25, 0.3) is 88.0 Å². The summed E-state index contributed by atoms with van der Waals surface area (Å²) < 4.78 is 4.98. The van der Waals surface area contributed by atoms with Crippen LogP contribution in [0.1, 0.15) is 0 Å². The molecule has 0 amide bonds. The lowest BCUT2D eigenvalue weighted by atomic mass is 10.0. The highest BCUT2D eigenvalue weighted by atomic mass is 15.0. The van der Waals surface area contributed by atoms with Crippen LogP contribution in [0.15, 0.2) is 182 Å². The standard InChI is InChI=1S/C46H30N2/c1-3-11-31(12-4-1)33-19-24-36(25-20-33)47-43-18-10-9-17-39(43)40-29-30-42-41-28-23-35-15-7-8-16-38(35)44(41)48(46(42)45(40)47)37-26-21-34(22-27-37)32-13-5-2-6-14-32/h1-30H. The lowest BCUT2D eigenvalue weighted by Gasteiger charge is -2.14. The number of hydrogen-bond donors (Lipinski definition) is 0. The van der Waals surface area contributed by atoms with Gasteiger partial charge in [-0.2, -0.15) is 0 Å². The Morgan fingerprint density at radius 1 is 0.250 bits per heavy atom. The number of fused-ring (bicyclic) bond motifs is 9. The van der Waals surface area contributed by atoms with Gasteiger partial charge in [0.15, 0.2) is 0 Å². The Morgan fingerprint density at radius 3 is 1.33 bits per heavy atom. The van der Waals surface area contributed by atoms with Crippen molar-refractivity contribution in [2.75, 3.05) is 0 Å². The van der Waals surface area contributed by atoms with E-state index in [9.17, 15) is 0 Å². The van der Waals surface area contributed by atoms with Crippen LogP contribution in [0.5, 0.6) is 0 Å². The van der Waals surface area contributed by atoms with Crippen molar-refractivity contribution in [1.82, 2.24) is 9.13 Å². The van der Waals surface area contributed by atoms with Crippen molar-refractivity contribution in [2.45, 2.75) is 0 Å². The first-order valence-electron chi connectivity index (χ1n) is 16.5. The van der Waals surface area contributed by atoms with Crippen molar-refractivity contribution >= 4 is 54.4 Å². The molecule has 10 aromatic rings. The minimum atomic E-state index is 1.15. The van der Waals surface area contributed by atoms with Gasteiger partial charge in [0.05, 0.1) is 22.1 Å². The van der Waals surface area contributed by atoms with Crippen LogP contribution in [0, 0.1) is 0 Å². The molecule has 0 N–H and O–H groups in total. The second kappa shape index (κ2) is 10.6. The lowest BCUT2D eigenvalue weighted by Crippen LogP contribution is -1.99. The molecule has 0 saturated heterocycles. The molecule has 10 rings (SSSR count). The average molecular weight is 611 g/mol. The van der Waals surface area contributed by atoms with Gasteiger partial charge in [-0.3, -0.25) is 0 Å². The fourth-order valence-corrected chi connectivity index (χ4v) is 7.70. The molecule has 0 saturated carbocycles. The summed E-state index contributed by atoms with van der Waals surface area (Å²) in [6.45, 7) is 0. The number of benzene rings is 8. The first kappa shape index (κ1) is 26.8. The van der Waals surface area contributed by atoms with E-state index < -0.39 is 0 Å². The van der Waals surface area contributed by atoms with Crippen LogP contribution in [-0.2, 0) is 0 Å². The maximum Gasteiger partial charge on any atom is 0.0789 e. The van der Waals surface area contributed by atoms with E-state index in [-0.39, 0.29) is 0 Å². The second-order valence-electron chi connectivity index (χ2n) is 12.6. The number of aromatic nitrogens is 2. The van der Waals surface area contributed by atoms with Gasteiger partial charge in [-0.05, 0) is 58.0 Å². The highest BCUT2D eigenvalue weighted by molar-refractivity contribution is 6.26. The highest BCUT2D eigenvalue weighted by Crippen LogP contribution is 2.43. The predicted octanol–water partition coefficient (Wildman–Crippen LogP) is 12.4. The molecule has 0 fully saturated rings. The van der Waals surface area contributed by atoms with Gasteiger partial charge in [-0.25, -0.2) is 0 Å². The van der Waals surface area contributed by atoms with Gasteiger partial charge in [-0.15, -0.1) is 0 Å². The summed E-state index contributed by atoms with van der Waals surface area (Å²) in [5, 5.41) is 7.50. The Balaban J connectivity index is 1.33. The zero-order chi connectivity index (χ0) is 31.6. The molecule has 48 heavy (non-hydrogen) atoms. The zero-order valence-electron chi connectivity index (χ0n) is 26.2. The van der Waals surface area contributed by atoms with Crippen molar-refractivity contribution in [3.8, 4) is 33.6 Å². The number of nitrogens with zero attached hydrogens (tertiary/aromatic N) is 2. The molecular formula is C46H30N2. The van der Waals surface area contributed by atoms with Crippen molar-refractivity contribution < 1.29 is 0 Å². The third kappa shape index (κ3) is 4.00. The second-order valence-corrected chi connectivity index (χ2v) is 12.6. The molecule has 2 heteroatoms. The molecule has 224 valence electrons. The summed E-state index contributed by atoms with van der Waals surface area (Å²) in [7, 11) is 0. The van der Waals surface area contributed by atoms with Crippen molar-refractivity contribution in [1.29, 1.82) is 0 Å². The van der Waals surface area contributed by atoms with E-state index in [1.165, 1.54) is 76.6 Å². The Kier molecular flexibility index (Phi) is 5.91. The normalized spacial score (nSPS) is 11.8. The van der Waals surface area contributed by atoms with Crippen LogP contribution in [0.2, 0.25) is 0 Å². The molecule has 2 heterocycles. The van der Waals surface area contributed by atoms with Gasteiger partial charge in [-0.1, -0.05) is 152 Å². The van der Waals surface area contributed by atoms with E-state index in [1.807, 2.05) is 0 Å². The van der Waals surface area contributed by atoms with Crippen molar-refractivity contribution in [3.05, 3.63) is 182 Å². The van der Waals surface area contributed by atoms with Crippen LogP contribution >= 0.6 is 0 Å². The van der Waals surface area contributed by atoms with E-state index >= 15 is 0 Å². The third-order valence-corrected chi connectivity index (χ3v) is 9.91. The van der Waals surface area contributed by atoms with E-state index in [2.05, 4.69) is 191 Å². The molecule has 0 aliphatic carbocycles. The van der Waals surface area contributed by atoms with Crippen LogP contribution in [0.4, 0.5) is 0 Å². The van der Waals surface area contributed by atoms with Crippen LogP contribution in [-0.4, -0.2) is 9.13 Å². The molecule has 0 radical (unpaired) electrons. The van der Waals surface area contributed by atoms with E-state index in [0.717, 1.165) is 11.4 Å². The maximum atomic E-state index is 2.51. The van der Waals surface area contributed by atoms with Crippen molar-refractivity contribution in [3.63, 3.8) is 0 Å². The van der Waals surface area contributed by atoms with Gasteiger partial charge in [0, 0.05) is 38.3 Å². The lowest BCUT2D eigenvalue weighted by molar-refractivity contribution is 1.15. The first-order chi connectivity index (χ1) is 23.8. The largest absolute Gasteiger partial charge is 0.307 e. The average Bonchev–Trinajstić information content (AvgIpc) is 3.69. The summed E-state index contributed by atoms with van der Waals surface area (Å²) in [5.74, 6) is 0. The summed E-state index contributed by atoms with van der Waals surface area (Å²) in [5.41, 5.74) is 12.0. The molecule has 2 nitrogen and oxygen atoms in total. The van der Waals surface area contributed by atoms with Gasteiger partial charge in [0.25, 0.3) is 0 Å². The minimum absolute atomic E-state index is 1.15. The van der Waals surface area contributed by atoms with Crippen LogP contribution in [0.3, 0.4) is 0 Å². The van der Waals surface area contributed by atoms with Gasteiger partial charge >= 0.3 is 0 Å². The molecule has 2 aromatic heterocycles. The SMILES string of the molecule is c1ccc(-c2ccc(-n3c4ccccc4c4ccc5c6ccc7ccccc7c6n(-c6ccc(-c7ccccc7)cc6)c5c43)cc2)cc1. The first-order valence-corrected chi connectivity index (χ1v) is 16.5. The van der Waals surface area contributed by atoms with Gasteiger partial charge < -0.3 is 9.13 Å². The molecule has 0 aliphatic heterocycles. The van der Waals surface area contributed by atoms with Crippen LogP contribution < -0.4 is 0 Å². The summed E-state index contributed by atoms with van der Waals surface area (Å²) in [4.78, 5) is 0. The molecule has 0 bridgehead atoms. The predicted molar refractivity (Wildman–Crippen MR) is 203 cm³/mol. The fourth-order valence-electron chi connectivity index (χ4n) is 7.70. The number of rotatable bonds is 4. The monoisotopic (exact) mass is 610 g/mol. The fraction of sp³-hybridized carbons (Fsp3) is 0. The van der Waals surface area contributed by atoms with E-state index in [4.69, 9.17) is 0 Å². The Labute approximate surface area is 278 Å². The van der Waals surface area contributed by atoms with Gasteiger partial charge in [0.1, 0.15) is 0 Å². The summed E-state index contributed by atoms with van der Waals surface area (Å²) in [6, 6.07) is 66.2. The molecule has 0 spiro atoms. The quantitative estimate of drug-likeness (QED) is 0.188. The summed E-state index contributed by atoms with van der Waals surface area (Å²) in [6.07, 6.45) is 0. The Morgan fingerprint density at radius 2 is 0.688 bits per heavy atom. The Hall–Kier alpha value is -6.38. The minimum Gasteiger partial charge on any atom is -0.307 e. The van der Waals surface area contributed by atoms with Gasteiger partial charge in [0.2, 0.25) is 0 Å². The highest BCUT2D eigenvalue weighted by Gasteiger charge is 2.22. The topological polar surface area (TPSA) is 9.86 Å². The number of hydrogen-bond acceptors (Lipinski definition) is 0. The smallest absolute Gasteiger partial charge is 0.0789 e. The maximum absolute atomic E-state index is 2.51. The molecule has 0 unspecified atom stereocenters. The van der Waals surface area contributed by atoms with E-state index in [0.29, 0.717) is 0 Å². The van der Waals surface area contributed by atoms with E-state index in [1.54, 1.807) is 0 Å². The molecule has 8 aromatic carbocycles. The Bertz CT molecular complexity index is 2780.